The van der Waals surface area contributed by atoms with E-state index < -0.39 is 0 Å². The number of anilines is 1. The predicted molar refractivity (Wildman–Crippen MR) is 87.1 cm³/mol. The number of benzene rings is 1. The number of rotatable bonds is 1. The molecule has 0 saturated heterocycles. The molecule has 2 nitrogen and oxygen atoms in total. The Morgan fingerprint density at radius 3 is 2.95 bits per heavy atom. The summed E-state index contributed by atoms with van der Waals surface area (Å²) < 4.78 is 0. The standard InChI is InChI=1S/C17H14Cl2N2/c18-11-7-14-12-4-1-5-13(12)16(10-3-2-6-20-9-10)21-17(14)15(19)8-11/h1-4,6-9,12-13,16,21H,5H2/t12-,13+,16+/m1/s1. The van der Waals surface area contributed by atoms with Crippen LogP contribution in [-0.2, 0) is 0 Å². The van der Waals surface area contributed by atoms with Crippen LogP contribution < -0.4 is 5.32 Å². The van der Waals surface area contributed by atoms with Crippen LogP contribution in [0.25, 0.3) is 0 Å². The average Bonchev–Trinajstić information content (AvgIpc) is 2.97. The summed E-state index contributed by atoms with van der Waals surface area (Å²) in [7, 11) is 0. The van der Waals surface area contributed by atoms with Gasteiger partial charge in [0.25, 0.3) is 0 Å². The number of aromatic nitrogens is 1. The highest BCUT2D eigenvalue weighted by Gasteiger charge is 2.38. The van der Waals surface area contributed by atoms with E-state index in [2.05, 4.69) is 28.5 Å². The Morgan fingerprint density at radius 2 is 2.14 bits per heavy atom. The topological polar surface area (TPSA) is 24.9 Å². The van der Waals surface area contributed by atoms with Crippen LogP contribution >= 0.6 is 23.2 Å². The third-order valence-corrected chi connectivity index (χ3v) is 4.95. The van der Waals surface area contributed by atoms with Crippen LogP contribution in [0, 0.1) is 5.92 Å². The van der Waals surface area contributed by atoms with E-state index in [0.717, 1.165) is 12.1 Å². The molecule has 1 N–H and O–H groups in total. The second-order valence-corrected chi connectivity index (χ2v) is 6.46. The lowest BCUT2D eigenvalue weighted by Crippen LogP contribution is -2.29. The van der Waals surface area contributed by atoms with Gasteiger partial charge in [0, 0.05) is 23.3 Å². The van der Waals surface area contributed by atoms with E-state index in [-0.39, 0.29) is 6.04 Å². The minimum atomic E-state index is 0.227. The second-order valence-electron chi connectivity index (χ2n) is 5.61. The van der Waals surface area contributed by atoms with E-state index in [1.165, 1.54) is 11.1 Å². The smallest absolute Gasteiger partial charge is 0.0655 e. The monoisotopic (exact) mass is 316 g/mol. The van der Waals surface area contributed by atoms with Crippen LogP contribution in [-0.4, -0.2) is 4.98 Å². The van der Waals surface area contributed by atoms with Gasteiger partial charge in [0.05, 0.1) is 16.8 Å². The normalized spacial score (nSPS) is 26.1. The second kappa shape index (κ2) is 5.04. The first-order valence-corrected chi connectivity index (χ1v) is 7.81. The van der Waals surface area contributed by atoms with Gasteiger partial charge in [0.15, 0.2) is 0 Å². The molecule has 1 aromatic heterocycles. The number of halogens is 2. The van der Waals surface area contributed by atoms with Crippen molar-refractivity contribution in [2.75, 3.05) is 5.32 Å². The number of nitrogens with one attached hydrogen (secondary N) is 1. The molecular weight excluding hydrogens is 303 g/mol. The van der Waals surface area contributed by atoms with Gasteiger partial charge in [0.2, 0.25) is 0 Å². The molecule has 1 aliphatic carbocycles. The molecule has 2 heterocycles. The van der Waals surface area contributed by atoms with Gasteiger partial charge in [-0.05, 0) is 41.7 Å². The fourth-order valence-electron chi connectivity index (χ4n) is 3.51. The molecule has 1 aromatic carbocycles. The lowest BCUT2D eigenvalue weighted by atomic mass is 9.77. The molecule has 2 aromatic rings. The summed E-state index contributed by atoms with van der Waals surface area (Å²) in [5.74, 6) is 0.846. The van der Waals surface area contributed by atoms with Gasteiger partial charge in [-0.15, -0.1) is 0 Å². The molecule has 0 spiro atoms. The first-order valence-electron chi connectivity index (χ1n) is 7.06. The van der Waals surface area contributed by atoms with E-state index in [0.29, 0.717) is 21.9 Å². The SMILES string of the molecule is Clc1cc(Cl)c2c(c1)[C@@H]1C=CC[C@@H]1[C@H](c1cccnc1)N2. The molecular formula is C17H14Cl2N2. The molecule has 1 aliphatic heterocycles. The summed E-state index contributed by atoms with van der Waals surface area (Å²) in [4.78, 5) is 4.25. The Morgan fingerprint density at radius 1 is 1.24 bits per heavy atom. The highest BCUT2D eigenvalue weighted by atomic mass is 35.5. The number of hydrogen-bond acceptors (Lipinski definition) is 2. The van der Waals surface area contributed by atoms with Gasteiger partial charge in [0.1, 0.15) is 0 Å². The first kappa shape index (κ1) is 13.2. The fourth-order valence-corrected chi connectivity index (χ4v) is 4.07. The average molecular weight is 317 g/mol. The van der Waals surface area contributed by atoms with Crippen LogP contribution in [0.2, 0.25) is 10.0 Å². The lowest BCUT2D eigenvalue weighted by molar-refractivity contribution is 0.425. The van der Waals surface area contributed by atoms with Crippen molar-refractivity contribution in [2.24, 2.45) is 5.92 Å². The summed E-state index contributed by atoms with van der Waals surface area (Å²) in [6, 6.07) is 8.16. The van der Waals surface area contributed by atoms with Crippen LogP contribution in [0.15, 0.2) is 48.8 Å². The lowest BCUT2D eigenvalue weighted by Gasteiger charge is -2.37. The van der Waals surface area contributed by atoms with Gasteiger partial charge < -0.3 is 5.32 Å². The zero-order valence-electron chi connectivity index (χ0n) is 11.3. The quantitative estimate of drug-likeness (QED) is 0.730. The van der Waals surface area contributed by atoms with Crippen LogP contribution in [0.1, 0.15) is 29.5 Å². The number of allylic oxidation sites excluding steroid dienone is 2. The third-order valence-electron chi connectivity index (χ3n) is 4.43. The number of nitrogens with zero attached hydrogens (tertiary/aromatic N) is 1. The van der Waals surface area contributed by atoms with E-state index in [1.807, 2.05) is 18.3 Å². The number of fused-ring (bicyclic) bond motifs is 3. The Bertz CT molecular complexity index is 712. The van der Waals surface area contributed by atoms with E-state index in [4.69, 9.17) is 23.2 Å². The molecule has 21 heavy (non-hydrogen) atoms. The summed E-state index contributed by atoms with van der Waals surface area (Å²) in [6.45, 7) is 0. The maximum atomic E-state index is 6.40. The van der Waals surface area contributed by atoms with E-state index in [1.54, 1.807) is 12.3 Å². The van der Waals surface area contributed by atoms with E-state index in [9.17, 15) is 0 Å². The van der Waals surface area contributed by atoms with Crippen molar-refractivity contribution in [3.8, 4) is 0 Å². The van der Waals surface area contributed by atoms with Crippen LogP contribution in [0.4, 0.5) is 5.69 Å². The van der Waals surface area contributed by atoms with E-state index >= 15 is 0 Å². The predicted octanol–water partition coefficient (Wildman–Crippen LogP) is 5.21. The highest BCUT2D eigenvalue weighted by Crippen LogP contribution is 2.52. The van der Waals surface area contributed by atoms with Gasteiger partial charge in [-0.3, -0.25) is 4.98 Å². The Labute approximate surface area is 133 Å². The highest BCUT2D eigenvalue weighted by molar-refractivity contribution is 6.36. The number of pyridine rings is 1. The molecule has 0 fully saturated rings. The third kappa shape index (κ3) is 2.14. The molecule has 4 heteroatoms. The minimum Gasteiger partial charge on any atom is -0.376 e. The van der Waals surface area contributed by atoms with Gasteiger partial charge in [-0.1, -0.05) is 41.4 Å². The van der Waals surface area contributed by atoms with Crippen molar-refractivity contribution in [1.82, 2.24) is 4.98 Å². The van der Waals surface area contributed by atoms with Crippen molar-refractivity contribution >= 4 is 28.9 Å². The largest absolute Gasteiger partial charge is 0.376 e. The van der Waals surface area contributed by atoms with Crippen molar-refractivity contribution in [1.29, 1.82) is 0 Å². The Balaban J connectivity index is 1.84. The molecule has 0 amide bonds. The van der Waals surface area contributed by atoms with Crippen LogP contribution in [0.5, 0.6) is 0 Å². The molecule has 0 radical (unpaired) electrons. The summed E-state index contributed by atoms with van der Waals surface area (Å²) in [6.07, 6.45) is 9.32. The first-order chi connectivity index (χ1) is 10.2. The van der Waals surface area contributed by atoms with Crippen molar-refractivity contribution < 1.29 is 0 Å². The van der Waals surface area contributed by atoms with Crippen molar-refractivity contribution in [3.05, 3.63) is 70.0 Å². The van der Waals surface area contributed by atoms with Crippen molar-refractivity contribution in [2.45, 2.75) is 18.4 Å². The molecule has 4 rings (SSSR count). The Hall–Kier alpha value is -1.51. The zero-order valence-corrected chi connectivity index (χ0v) is 12.8. The van der Waals surface area contributed by atoms with Crippen LogP contribution in [0.3, 0.4) is 0 Å². The Kier molecular flexibility index (Phi) is 3.16. The molecule has 3 atom stereocenters. The molecule has 0 bridgehead atoms. The maximum Gasteiger partial charge on any atom is 0.0655 e. The zero-order chi connectivity index (χ0) is 14.4. The van der Waals surface area contributed by atoms with Gasteiger partial charge >= 0.3 is 0 Å². The van der Waals surface area contributed by atoms with Gasteiger partial charge in [-0.25, -0.2) is 0 Å². The molecule has 2 aliphatic rings. The maximum absolute atomic E-state index is 6.40. The molecule has 0 unspecified atom stereocenters. The summed E-state index contributed by atoms with van der Waals surface area (Å²) in [5.41, 5.74) is 3.40. The summed E-state index contributed by atoms with van der Waals surface area (Å²) in [5, 5.41) is 4.99. The summed E-state index contributed by atoms with van der Waals surface area (Å²) >= 11 is 12.6. The number of hydrogen-bond donors (Lipinski definition) is 1. The van der Waals surface area contributed by atoms with Gasteiger partial charge in [-0.2, -0.15) is 0 Å². The minimum absolute atomic E-state index is 0.227. The van der Waals surface area contributed by atoms with Crippen molar-refractivity contribution in [3.63, 3.8) is 0 Å². The molecule has 106 valence electrons. The fraction of sp³-hybridized carbons (Fsp3) is 0.235. The molecule has 0 saturated carbocycles.